The van der Waals surface area contributed by atoms with Gasteiger partial charge in [-0.25, -0.2) is 9.78 Å². The highest BCUT2D eigenvalue weighted by Gasteiger charge is 2.19. The molecule has 0 aliphatic carbocycles. The topological polar surface area (TPSA) is 62.2 Å². The lowest BCUT2D eigenvalue weighted by Crippen LogP contribution is -2.23. The van der Waals surface area contributed by atoms with Gasteiger partial charge in [0.25, 0.3) is 0 Å². The summed E-state index contributed by atoms with van der Waals surface area (Å²) in [6.07, 6.45) is 3.24. The number of carboxylic acids is 1. The minimum absolute atomic E-state index is 0.216. The van der Waals surface area contributed by atoms with Crippen LogP contribution in [0.5, 0.6) is 0 Å². The van der Waals surface area contributed by atoms with Gasteiger partial charge >= 0.3 is 5.97 Å². The summed E-state index contributed by atoms with van der Waals surface area (Å²) in [5.74, 6) is -0.922. The number of hydrogen-bond donors (Lipinski definition) is 2. The van der Waals surface area contributed by atoms with Gasteiger partial charge in [-0.05, 0) is 26.3 Å². The first-order valence-electron chi connectivity index (χ1n) is 5.10. The Kier molecular flexibility index (Phi) is 3.02. The Morgan fingerprint density at radius 3 is 3.07 bits per heavy atom. The molecule has 2 rings (SSSR count). The highest BCUT2D eigenvalue weighted by molar-refractivity contribution is 7.11. The van der Waals surface area contributed by atoms with Gasteiger partial charge < -0.3 is 10.4 Å². The lowest BCUT2D eigenvalue weighted by atomic mass is 10.2. The van der Waals surface area contributed by atoms with Crippen LogP contribution in [0.1, 0.15) is 33.2 Å². The molecule has 82 valence electrons. The van der Waals surface area contributed by atoms with Crippen molar-refractivity contribution < 1.29 is 9.90 Å². The van der Waals surface area contributed by atoms with Crippen molar-refractivity contribution in [2.24, 2.45) is 0 Å². The number of carboxylic acid groups (broad SMARTS) is 1. The average Bonchev–Trinajstić information content (AvgIpc) is 2.75. The van der Waals surface area contributed by atoms with Gasteiger partial charge in [0.15, 0.2) is 5.69 Å². The monoisotopic (exact) mass is 226 g/mol. The average molecular weight is 226 g/mol. The molecule has 0 bridgehead atoms. The third kappa shape index (κ3) is 2.35. The summed E-state index contributed by atoms with van der Waals surface area (Å²) in [5, 5.41) is 13.2. The van der Waals surface area contributed by atoms with Gasteiger partial charge in [0.2, 0.25) is 0 Å². The van der Waals surface area contributed by atoms with Gasteiger partial charge in [0, 0.05) is 17.3 Å². The molecule has 1 aliphatic rings. The standard InChI is InChI=1S/C10H14N2O2S/c1-6-9(10(13)14)12-8(15-6)5-7-3-2-4-11-7/h7,11H,2-5H2,1H3,(H,13,14). The summed E-state index contributed by atoms with van der Waals surface area (Å²) in [5.41, 5.74) is 0.216. The molecular weight excluding hydrogens is 212 g/mol. The molecule has 1 fully saturated rings. The molecule has 4 nitrogen and oxygen atoms in total. The quantitative estimate of drug-likeness (QED) is 0.818. The van der Waals surface area contributed by atoms with E-state index in [9.17, 15) is 4.79 Å². The zero-order chi connectivity index (χ0) is 10.8. The van der Waals surface area contributed by atoms with Crippen LogP contribution in [0.15, 0.2) is 0 Å². The smallest absolute Gasteiger partial charge is 0.355 e. The fraction of sp³-hybridized carbons (Fsp3) is 0.600. The van der Waals surface area contributed by atoms with Gasteiger partial charge in [-0.15, -0.1) is 11.3 Å². The Labute approximate surface area is 92.3 Å². The number of thiazole rings is 1. The number of aromatic carboxylic acids is 1. The van der Waals surface area contributed by atoms with E-state index in [4.69, 9.17) is 5.11 Å². The third-order valence-corrected chi connectivity index (χ3v) is 3.62. The van der Waals surface area contributed by atoms with Crippen LogP contribution in [0.25, 0.3) is 0 Å². The molecule has 1 atom stereocenters. The molecule has 0 radical (unpaired) electrons. The Morgan fingerprint density at radius 2 is 2.53 bits per heavy atom. The summed E-state index contributed by atoms with van der Waals surface area (Å²) in [6.45, 7) is 2.88. The van der Waals surface area contributed by atoms with E-state index in [1.54, 1.807) is 0 Å². The first-order chi connectivity index (χ1) is 7.16. The first-order valence-corrected chi connectivity index (χ1v) is 5.91. The molecule has 0 saturated carbocycles. The normalized spacial score (nSPS) is 20.7. The van der Waals surface area contributed by atoms with Crippen molar-refractivity contribution in [3.8, 4) is 0 Å². The summed E-state index contributed by atoms with van der Waals surface area (Å²) >= 11 is 1.50. The van der Waals surface area contributed by atoms with Crippen molar-refractivity contribution in [3.63, 3.8) is 0 Å². The van der Waals surface area contributed by atoms with Crippen LogP contribution in [0.4, 0.5) is 0 Å². The lowest BCUT2D eigenvalue weighted by molar-refractivity contribution is 0.0690. The maximum absolute atomic E-state index is 10.8. The molecule has 5 heteroatoms. The van der Waals surface area contributed by atoms with E-state index in [0.29, 0.717) is 6.04 Å². The third-order valence-electron chi connectivity index (χ3n) is 2.63. The fourth-order valence-corrected chi connectivity index (χ4v) is 2.88. The second-order valence-electron chi connectivity index (χ2n) is 3.81. The van der Waals surface area contributed by atoms with Crippen molar-refractivity contribution in [1.29, 1.82) is 0 Å². The minimum Gasteiger partial charge on any atom is -0.476 e. The molecular formula is C10H14N2O2S. The largest absolute Gasteiger partial charge is 0.476 e. The van der Waals surface area contributed by atoms with Crippen LogP contribution in [-0.2, 0) is 6.42 Å². The van der Waals surface area contributed by atoms with Crippen molar-refractivity contribution >= 4 is 17.3 Å². The molecule has 1 aliphatic heterocycles. The van der Waals surface area contributed by atoms with Gasteiger partial charge in [-0.3, -0.25) is 0 Å². The van der Waals surface area contributed by atoms with Crippen molar-refractivity contribution in [2.45, 2.75) is 32.2 Å². The van der Waals surface area contributed by atoms with Gasteiger partial charge in [0.1, 0.15) is 0 Å². The predicted octanol–water partition coefficient (Wildman–Crippen LogP) is 1.44. The molecule has 1 unspecified atom stereocenters. The molecule has 2 heterocycles. The minimum atomic E-state index is -0.922. The van der Waals surface area contributed by atoms with Crippen molar-refractivity contribution in [1.82, 2.24) is 10.3 Å². The molecule has 1 aromatic heterocycles. The number of carbonyl (C=O) groups is 1. The van der Waals surface area contributed by atoms with Crippen LogP contribution < -0.4 is 5.32 Å². The highest BCUT2D eigenvalue weighted by Crippen LogP contribution is 2.20. The second-order valence-corrected chi connectivity index (χ2v) is 5.10. The van der Waals surface area contributed by atoms with E-state index < -0.39 is 5.97 Å². The summed E-state index contributed by atoms with van der Waals surface area (Å²) < 4.78 is 0. The summed E-state index contributed by atoms with van der Waals surface area (Å²) in [7, 11) is 0. The number of aryl methyl sites for hydroxylation is 1. The molecule has 15 heavy (non-hydrogen) atoms. The Morgan fingerprint density at radius 1 is 1.73 bits per heavy atom. The number of nitrogens with zero attached hydrogens (tertiary/aromatic N) is 1. The van der Waals surface area contributed by atoms with E-state index in [2.05, 4.69) is 10.3 Å². The lowest BCUT2D eigenvalue weighted by Gasteiger charge is -2.05. The van der Waals surface area contributed by atoms with E-state index in [1.165, 1.54) is 24.2 Å². The molecule has 2 N–H and O–H groups in total. The number of hydrogen-bond acceptors (Lipinski definition) is 4. The number of nitrogens with one attached hydrogen (secondary N) is 1. The zero-order valence-electron chi connectivity index (χ0n) is 8.62. The molecule has 0 amide bonds. The Hall–Kier alpha value is -0.940. The first kappa shape index (κ1) is 10.6. The van der Waals surface area contributed by atoms with E-state index in [0.717, 1.165) is 22.9 Å². The van der Waals surface area contributed by atoms with E-state index in [1.807, 2.05) is 6.92 Å². The van der Waals surface area contributed by atoms with Crippen LogP contribution >= 0.6 is 11.3 Å². The van der Waals surface area contributed by atoms with Crippen LogP contribution in [0.2, 0.25) is 0 Å². The SMILES string of the molecule is Cc1sc(CC2CCCN2)nc1C(=O)O. The fourth-order valence-electron chi connectivity index (χ4n) is 1.88. The van der Waals surface area contributed by atoms with Crippen LogP contribution in [-0.4, -0.2) is 28.6 Å². The molecule has 0 spiro atoms. The van der Waals surface area contributed by atoms with Crippen molar-refractivity contribution in [2.75, 3.05) is 6.54 Å². The van der Waals surface area contributed by atoms with Crippen LogP contribution in [0, 0.1) is 6.92 Å². The number of aromatic nitrogens is 1. The maximum Gasteiger partial charge on any atom is 0.355 e. The Bertz CT molecular complexity index is 369. The Balaban J connectivity index is 2.08. The van der Waals surface area contributed by atoms with Gasteiger partial charge in [-0.2, -0.15) is 0 Å². The summed E-state index contributed by atoms with van der Waals surface area (Å²) in [6, 6.07) is 0.484. The highest BCUT2D eigenvalue weighted by atomic mass is 32.1. The molecule has 0 aromatic carbocycles. The predicted molar refractivity (Wildman–Crippen MR) is 58.5 cm³/mol. The van der Waals surface area contributed by atoms with Gasteiger partial charge in [0.05, 0.1) is 5.01 Å². The zero-order valence-corrected chi connectivity index (χ0v) is 9.43. The van der Waals surface area contributed by atoms with Gasteiger partial charge in [-0.1, -0.05) is 0 Å². The van der Waals surface area contributed by atoms with E-state index in [-0.39, 0.29) is 5.69 Å². The van der Waals surface area contributed by atoms with E-state index >= 15 is 0 Å². The van der Waals surface area contributed by atoms with Crippen molar-refractivity contribution in [3.05, 3.63) is 15.6 Å². The van der Waals surface area contributed by atoms with Crippen LogP contribution in [0.3, 0.4) is 0 Å². The maximum atomic E-state index is 10.8. The summed E-state index contributed by atoms with van der Waals surface area (Å²) in [4.78, 5) is 15.8. The second kappa shape index (κ2) is 4.28. The molecule has 1 aromatic rings. The molecule has 1 saturated heterocycles. The number of rotatable bonds is 3.